The number of hydrazone groups is 1. The van der Waals surface area contributed by atoms with Gasteiger partial charge in [-0.1, -0.05) is 99.7 Å². The summed E-state index contributed by atoms with van der Waals surface area (Å²) in [5.74, 6) is -0.910. The van der Waals surface area contributed by atoms with E-state index >= 15 is 0 Å². The van der Waals surface area contributed by atoms with Crippen molar-refractivity contribution in [3.63, 3.8) is 0 Å². The quantitative estimate of drug-likeness (QED) is 0.0557. The van der Waals surface area contributed by atoms with Gasteiger partial charge in [0.15, 0.2) is 0 Å². The first-order valence-corrected chi connectivity index (χ1v) is 13.1. The first kappa shape index (κ1) is 31.9. The molecule has 0 aliphatic rings. The number of halogens is 2. The average molecular weight is 514 g/mol. The third kappa shape index (κ3) is 20.5. The minimum atomic E-state index is -0.664. The third-order valence-electron chi connectivity index (χ3n) is 5.03. The Morgan fingerprint density at radius 2 is 1.47 bits per heavy atom. The highest BCUT2D eigenvalue weighted by Crippen LogP contribution is 2.21. The second kappa shape index (κ2) is 22.7. The molecule has 0 atom stereocenters. The number of rotatable bonds is 17. The van der Waals surface area contributed by atoms with Crippen LogP contribution in [0.4, 0.5) is 0 Å². The van der Waals surface area contributed by atoms with Gasteiger partial charge in [0.2, 0.25) is 5.96 Å². The number of carboxylic acids is 1. The molecule has 1 aromatic carbocycles. The summed E-state index contributed by atoms with van der Waals surface area (Å²) in [7, 11) is 0. The molecule has 0 radical (unpaired) electrons. The number of unbranched alkanes of at least 4 members (excludes halogenated alkanes) is 11. The van der Waals surface area contributed by atoms with Crippen LogP contribution >= 0.6 is 23.2 Å². The zero-order valence-corrected chi connectivity index (χ0v) is 22.0. The molecule has 0 saturated carbocycles. The van der Waals surface area contributed by atoms with E-state index in [1.807, 2.05) is 0 Å². The lowest BCUT2D eigenvalue weighted by Gasteiger charge is -2.00. The van der Waals surface area contributed by atoms with E-state index in [1.165, 1.54) is 76.8 Å². The van der Waals surface area contributed by atoms with Crippen molar-refractivity contribution in [1.82, 2.24) is 5.43 Å². The lowest BCUT2D eigenvalue weighted by Crippen LogP contribution is -2.25. The van der Waals surface area contributed by atoms with Crippen LogP contribution in [0.15, 0.2) is 35.5 Å². The SMILES string of the molecule is CCCCCCCC/C=C\CCCCCCCC(=O)O.N=C(N)N/N=C/c1c(Cl)cccc1Cl. The molecule has 0 bridgehead atoms. The van der Waals surface area contributed by atoms with Crippen molar-refractivity contribution in [3.8, 4) is 0 Å². The van der Waals surface area contributed by atoms with Crippen LogP contribution in [0.5, 0.6) is 0 Å². The van der Waals surface area contributed by atoms with Gasteiger partial charge >= 0.3 is 5.97 Å². The molecule has 0 aromatic heterocycles. The molecule has 0 aliphatic carbocycles. The maximum absolute atomic E-state index is 10.3. The van der Waals surface area contributed by atoms with Gasteiger partial charge in [0.25, 0.3) is 0 Å². The fourth-order valence-electron chi connectivity index (χ4n) is 3.15. The van der Waals surface area contributed by atoms with Crippen LogP contribution in [-0.4, -0.2) is 23.2 Å². The molecule has 8 heteroatoms. The number of nitrogens with two attached hydrogens (primary N) is 1. The van der Waals surface area contributed by atoms with E-state index in [-0.39, 0.29) is 5.96 Å². The van der Waals surface area contributed by atoms with Gasteiger partial charge in [-0.3, -0.25) is 10.2 Å². The topological polar surface area (TPSA) is 112 Å². The minimum absolute atomic E-state index is 0.246. The van der Waals surface area contributed by atoms with Gasteiger partial charge in [0, 0.05) is 12.0 Å². The number of benzene rings is 1. The van der Waals surface area contributed by atoms with E-state index < -0.39 is 5.97 Å². The van der Waals surface area contributed by atoms with E-state index in [1.54, 1.807) is 18.2 Å². The molecule has 6 nitrogen and oxygen atoms in total. The number of hydrogen-bond acceptors (Lipinski definition) is 3. The van der Waals surface area contributed by atoms with Crippen LogP contribution in [0.1, 0.15) is 102 Å². The van der Waals surface area contributed by atoms with Crippen molar-refractivity contribution in [2.45, 2.75) is 96.8 Å². The predicted octanol–water partition coefficient (Wildman–Crippen LogP) is 7.92. The van der Waals surface area contributed by atoms with Gasteiger partial charge in [-0.15, -0.1) is 0 Å². The number of carboxylic acid groups (broad SMARTS) is 1. The van der Waals surface area contributed by atoms with E-state index in [0.717, 1.165) is 12.8 Å². The Hall–Kier alpha value is -2.05. The lowest BCUT2D eigenvalue weighted by molar-refractivity contribution is -0.137. The van der Waals surface area contributed by atoms with E-state index in [9.17, 15) is 4.79 Å². The van der Waals surface area contributed by atoms with Gasteiger partial charge < -0.3 is 10.8 Å². The number of carbonyl (C=O) groups is 1. The molecule has 0 fully saturated rings. The van der Waals surface area contributed by atoms with E-state index in [0.29, 0.717) is 22.0 Å². The van der Waals surface area contributed by atoms with Crippen LogP contribution < -0.4 is 11.2 Å². The van der Waals surface area contributed by atoms with Gasteiger partial charge in [0.1, 0.15) is 0 Å². The summed E-state index contributed by atoms with van der Waals surface area (Å²) in [6.45, 7) is 2.26. The second-order valence-corrected chi connectivity index (χ2v) is 8.96. The summed E-state index contributed by atoms with van der Waals surface area (Å²) in [6, 6.07) is 5.13. The Morgan fingerprint density at radius 3 is 1.97 bits per heavy atom. The zero-order valence-electron chi connectivity index (χ0n) is 20.5. The molecule has 0 saturated heterocycles. The molecule has 0 heterocycles. The van der Waals surface area contributed by atoms with Crippen LogP contribution in [0, 0.1) is 5.41 Å². The second-order valence-electron chi connectivity index (χ2n) is 8.15. The number of aliphatic carboxylic acids is 1. The molecule has 0 amide bonds. The van der Waals surface area contributed by atoms with Crippen molar-refractivity contribution in [3.05, 3.63) is 46.0 Å². The third-order valence-corrected chi connectivity index (χ3v) is 5.69. The Labute approximate surface area is 215 Å². The highest BCUT2D eigenvalue weighted by molar-refractivity contribution is 6.38. The number of guanidine groups is 1. The summed E-state index contributed by atoms with van der Waals surface area (Å²) < 4.78 is 0. The van der Waals surface area contributed by atoms with Crippen molar-refractivity contribution in [2.75, 3.05) is 0 Å². The molecule has 34 heavy (non-hydrogen) atoms. The standard InChI is InChI=1S/C18H34O2.C8H8Cl2N4/c1-2-3-4-5-6-7-8-9-10-11-12-13-14-15-16-17-18(19)20;9-6-2-1-3-7(10)5(6)4-13-14-8(11)12/h9-10H,2-8,11-17H2,1H3,(H,19,20);1-4H,(H4,11,12,14)/b10-9-;13-4+. The Kier molecular flexibility index (Phi) is 21.4. The molecule has 1 rings (SSSR count). The summed E-state index contributed by atoms with van der Waals surface area (Å²) >= 11 is 11.7. The average Bonchev–Trinajstić information content (AvgIpc) is 2.78. The molecule has 0 unspecified atom stereocenters. The highest BCUT2D eigenvalue weighted by atomic mass is 35.5. The molecular weight excluding hydrogens is 471 g/mol. The first-order chi connectivity index (χ1) is 16.4. The summed E-state index contributed by atoms with van der Waals surface area (Å²) in [6.07, 6.45) is 22.6. The fourth-order valence-corrected chi connectivity index (χ4v) is 3.64. The fraction of sp³-hybridized carbons (Fsp3) is 0.577. The summed E-state index contributed by atoms with van der Waals surface area (Å²) in [5.41, 5.74) is 7.87. The maximum atomic E-state index is 10.3. The van der Waals surface area contributed by atoms with Crippen LogP contribution in [0.2, 0.25) is 10.0 Å². The molecule has 192 valence electrons. The molecule has 0 aliphatic heterocycles. The van der Waals surface area contributed by atoms with Gasteiger partial charge in [-0.05, 0) is 44.2 Å². The highest BCUT2D eigenvalue weighted by Gasteiger charge is 2.01. The van der Waals surface area contributed by atoms with Gasteiger partial charge in [-0.2, -0.15) is 5.10 Å². The normalized spacial score (nSPS) is 10.9. The van der Waals surface area contributed by atoms with Crippen LogP contribution in [0.25, 0.3) is 0 Å². The summed E-state index contributed by atoms with van der Waals surface area (Å²) in [4.78, 5) is 10.3. The van der Waals surface area contributed by atoms with Crippen LogP contribution in [-0.2, 0) is 4.79 Å². The smallest absolute Gasteiger partial charge is 0.303 e. The van der Waals surface area contributed by atoms with Gasteiger partial charge in [0.05, 0.1) is 16.3 Å². The maximum Gasteiger partial charge on any atom is 0.303 e. The molecule has 5 N–H and O–H groups in total. The number of hydrogen-bond donors (Lipinski definition) is 4. The number of nitrogens with zero attached hydrogens (tertiary/aromatic N) is 1. The first-order valence-electron chi connectivity index (χ1n) is 12.3. The Morgan fingerprint density at radius 1 is 0.971 bits per heavy atom. The predicted molar refractivity (Wildman–Crippen MR) is 146 cm³/mol. The molecular formula is C26H42Cl2N4O2. The van der Waals surface area contributed by atoms with Crippen molar-refractivity contribution in [1.29, 1.82) is 5.41 Å². The minimum Gasteiger partial charge on any atom is -0.481 e. The van der Waals surface area contributed by atoms with Gasteiger partial charge in [-0.25, -0.2) is 5.43 Å². The number of allylic oxidation sites excluding steroid dienone is 2. The van der Waals surface area contributed by atoms with E-state index in [2.05, 4.69) is 29.6 Å². The number of nitrogens with one attached hydrogen (secondary N) is 2. The monoisotopic (exact) mass is 512 g/mol. The lowest BCUT2D eigenvalue weighted by atomic mass is 10.1. The Balaban J connectivity index is 0.000000679. The largest absolute Gasteiger partial charge is 0.481 e. The summed E-state index contributed by atoms with van der Waals surface area (Å²) in [5, 5.41) is 20.0. The zero-order chi connectivity index (χ0) is 25.4. The van der Waals surface area contributed by atoms with E-state index in [4.69, 9.17) is 39.5 Å². The Bertz CT molecular complexity index is 719. The van der Waals surface area contributed by atoms with Crippen molar-refractivity contribution >= 4 is 41.3 Å². The van der Waals surface area contributed by atoms with Crippen molar-refractivity contribution < 1.29 is 9.90 Å². The molecule has 0 spiro atoms. The molecule has 1 aromatic rings. The van der Waals surface area contributed by atoms with Crippen molar-refractivity contribution in [2.24, 2.45) is 10.8 Å². The van der Waals surface area contributed by atoms with Crippen LogP contribution in [0.3, 0.4) is 0 Å².